The summed E-state index contributed by atoms with van der Waals surface area (Å²) in [7, 11) is 0. The van der Waals surface area contributed by atoms with E-state index in [2.05, 4.69) is 43.2 Å². The van der Waals surface area contributed by atoms with Crippen LogP contribution in [0, 0.1) is 11.3 Å². The molecule has 90 valence electrons. The van der Waals surface area contributed by atoms with Gasteiger partial charge in [0.2, 0.25) is 0 Å². The number of hydrogen-bond donors (Lipinski definition) is 1. The number of rotatable bonds is 2. The zero-order valence-electron chi connectivity index (χ0n) is 9.05. The number of hydrogen-bond acceptors (Lipinski definition) is 2. The third kappa shape index (κ3) is 3.26. The quantitative estimate of drug-likeness (QED) is 0.742. The Hall–Kier alpha value is -1.02. The molecule has 0 fully saturated rings. The van der Waals surface area contributed by atoms with Gasteiger partial charge in [0.25, 0.3) is 0 Å². The third-order valence-corrected chi connectivity index (χ3v) is 3.62. The first-order valence-corrected chi connectivity index (χ1v) is 6.97. The molecule has 0 saturated carbocycles. The van der Waals surface area contributed by atoms with Crippen molar-refractivity contribution in [3.63, 3.8) is 0 Å². The molecule has 0 heterocycles. The van der Waals surface area contributed by atoms with Gasteiger partial charge in [-0.25, -0.2) is 0 Å². The molecule has 0 unspecified atom stereocenters. The second-order valence-corrected chi connectivity index (χ2v) is 5.80. The molecule has 5 heteroatoms. The molecular formula is C13H7Br2ClN2. The number of benzene rings is 2. The number of nitriles is 1. The molecule has 2 rings (SSSR count). The van der Waals surface area contributed by atoms with E-state index in [1.165, 1.54) is 0 Å². The van der Waals surface area contributed by atoms with Gasteiger partial charge in [0, 0.05) is 19.7 Å². The standard InChI is InChI=1S/C13H7Br2ClN2/c14-9-3-8(7-17)4-11(5-9)18-13-6-10(16)1-2-12(13)15/h1-6,18H. The zero-order valence-corrected chi connectivity index (χ0v) is 13.0. The van der Waals surface area contributed by atoms with E-state index >= 15 is 0 Å². The molecule has 0 aliphatic heterocycles. The maximum atomic E-state index is 8.92. The van der Waals surface area contributed by atoms with E-state index < -0.39 is 0 Å². The highest BCUT2D eigenvalue weighted by molar-refractivity contribution is 9.10. The van der Waals surface area contributed by atoms with Crippen molar-refractivity contribution in [2.75, 3.05) is 5.32 Å². The van der Waals surface area contributed by atoms with E-state index in [1.807, 2.05) is 18.2 Å². The van der Waals surface area contributed by atoms with Gasteiger partial charge < -0.3 is 5.32 Å². The molecule has 2 nitrogen and oxygen atoms in total. The van der Waals surface area contributed by atoms with Gasteiger partial charge in [0.05, 0.1) is 17.3 Å². The van der Waals surface area contributed by atoms with E-state index in [0.717, 1.165) is 20.3 Å². The average Bonchev–Trinajstić information content (AvgIpc) is 2.33. The average molecular weight is 386 g/mol. The molecule has 0 atom stereocenters. The van der Waals surface area contributed by atoms with E-state index in [0.29, 0.717) is 10.6 Å². The number of halogens is 3. The van der Waals surface area contributed by atoms with Crippen LogP contribution in [0.3, 0.4) is 0 Å². The molecule has 0 aliphatic rings. The van der Waals surface area contributed by atoms with Crippen LogP contribution in [-0.2, 0) is 0 Å². The Kier molecular flexibility index (Phi) is 4.28. The highest BCUT2D eigenvalue weighted by atomic mass is 79.9. The van der Waals surface area contributed by atoms with Gasteiger partial charge in [-0.2, -0.15) is 5.26 Å². The van der Waals surface area contributed by atoms with E-state index in [9.17, 15) is 0 Å². The number of anilines is 2. The Bertz CT molecular complexity index is 635. The molecule has 18 heavy (non-hydrogen) atoms. The van der Waals surface area contributed by atoms with Crippen molar-refractivity contribution >= 4 is 54.8 Å². The molecule has 1 N–H and O–H groups in total. The molecule has 0 amide bonds. The SMILES string of the molecule is N#Cc1cc(Br)cc(Nc2cc(Cl)ccc2Br)c1. The van der Waals surface area contributed by atoms with Gasteiger partial charge in [0.1, 0.15) is 0 Å². The van der Waals surface area contributed by atoms with Crippen molar-refractivity contribution in [2.24, 2.45) is 0 Å². The predicted molar refractivity (Wildman–Crippen MR) is 81.3 cm³/mol. The molecule has 0 radical (unpaired) electrons. The summed E-state index contributed by atoms with van der Waals surface area (Å²) in [5.74, 6) is 0. The van der Waals surface area contributed by atoms with Crippen molar-refractivity contribution in [3.05, 3.63) is 55.9 Å². The predicted octanol–water partition coefficient (Wildman–Crippen LogP) is 5.48. The third-order valence-electron chi connectivity index (χ3n) is 2.23. The molecule has 2 aromatic rings. The van der Waals surface area contributed by atoms with Crippen LogP contribution in [0.25, 0.3) is 0 Å². The summed E-state index contributed by atoms with van der Waals surface area (Å²) in [6, 6.07) is 13.0. The van der Waals surface area contributed by atoms with Crippen molar-refractivity contribution < 1.29 is 0 Å². The second kappa shape index (κ2) is 5.75. The fourth-order valence-corrected chi connectivity index (χ4v) is 2.49. The van der Waals surface area contributed by atoms with Crippen LogP contribution in [0.5, 0.6) is 0 Å². The summed E-state index contributed by atoms with van der Waals surface area (Å²) in [6.07, 6.45) is 0. The van der Waals surface area contributed by atoms with Gasteiger partial charge >= 0.3 is 0 Å². The molecule has 0 spiro atoms. The smallest absolute Gasteiger partial charge is 0.0992 e. The topological polar surface area (TPSA) is 35.8 Å². The van der Waals surface area contributed by atoms with Crippen LogP contribution in [0.15, 0.2) is 45.3 Å². The van der Waals surface area contributed by atoms with Crippen LogP contribution in [0.1, 0.15) is 5.56 Å². The molecule has 0 aromatic heterocycles. The molecule has 0 saturated heterocycles. The summed E-state index contributed by atoms with van der Waals surface area (Å²) >= 11 is 12.8. The van der Waals surface area contributed by atoms with Crippen LogP contribution in [0.4, 0.5) is 11.4 Å². The minimum absolute atomic E-state index is 0.588. The Morgan fingerprint density at radius 1 is 1.11 bits per heavy atom. The first-order valence-electron chi connectivity index (χ1n) is 5.01. The lowest BCUT2D eigenvalue weighted by Gasteiger charge is -2.10. The fraction of sp³-hybridized carbons (Fsp3) is 0. The summed E-state index contributed by atoms with van der Waals surface area (Å²) < 4.78 is 1.76. The molecular weight excluding hydrogens is 379 g/mol. The molecule has 0 bridgehead atoms. The second-order valence-electron chi connectivity index (χ2n) is 3.59. The maximum Gasteiger partial charge on any atom is 0.0992 e. The lowest BCUT2D eigenvalue weighted by Crippen LogP contribution is -1.92. The first kappa shape index (κ1) is 13.4. The van der Waals surface area contributed by atoms with Crippen molar-refractivity contribution in [1.29, 1.82) is 5.26 Å². The fourth-order valence-electron chi connectivity index (χ4n) is 1.48. The minimum atomic E-state index is 0.588. The Labute approximate surface area is 127 Å². The van der Waals surface area contributed by atoms with Crippen molar-refractivity contribution in [2.45, 2.75) is 0 Å². The summed E-state index contributed by atoms with van der Waals surface area (Å²) in [5, 5.41) is 12.8. The molecule has 2 aromatic carbocycles. The van der Waals surface area contributed by atoms with Crippen molar-refractivity contribution in [1.82, 2.24) is 0 Å². The van der Waals surface area contributed by atoms with Crippen LogP contribution < -0.4 is 5.32 Å². The monoisotopic (exact) mass is 384 g/mol. The van der Waals surface area contributed by atoms with Gasteiger partial charge in [-0.1, -0.05) is 27.5 Å². The summed E-state index contributed by atoms with van der Waals surface area (Å²) in [5.41, 5.74) is 2.26. The zero-order chi connectivity index (χ0) is 13.1. The Balaban J connectivity index is 2.37. The lowest BCUT2D eigenvalue weighted by molar-refractivity contribution is 1.45. The summed E-state index contributed by atoms with van der Waals surface area (Å²) in [6.45, 7) is 0. The molecule has 0 aliphatic carbocycles. The van der Waals surface area contributed by atoms with Crippen molar-refractivity contribution in [3.8, 4) is 6.07 Å². The largest absolute Gasteiger partial charge is 0.354 e. The first-order chi connectivity index (χ1) is 8.58. The van der Waals surface area contributed by atoms with Crippen LogP contribution in [0.2, 0.25) is 5.02 Å². The number of nitrogens with zero attached hydrogens (tertiary/aromatic N) is 1. The van der Waals surface area contributed by atoms with E-state index in [-0.39, 0.29) is 0 Å². The minimum Gasteiger partial charge on any atom is -0.354 e. The number of nitrogens with one attached hydrogen (secondary N) is 1. The van der Waals surface area contributed by atoms with Gasteiger partial charge in [-0.15, -0.1) is 0 Å². The van der Waals surface area contributed by atoms with E-state index in [1.54, 1.807) is 18.2 Å². The van der Waals surface area contributed by atoms with Gasteiger partial charge in [-0.3, -0.25) is 0 Å². The Morgan fingerprint density at radius 3 is 2.61 bits per heavy atom. The van der Waals surface area contributed by atoms with Crippen LogP contribution >= 0.6 is 43.5 Å². The van der Waals surface area contributed by atoms with Crippen LogP contribution in [-0.4, -0.2) is 0 Å². The summed E-state index contributed by atoms with van der Waals surface area (Å²) in [4.78, 5) is 0. The maximum absolute atomic E-state index is 8.92. The lowest BCUT2D eigenvalue weighted by atomic mass is 10.2. The van der Waals surface area contributed by atoms with Gasteiger partial charge in [0.15, 0.2) is 0 Å². The van der Waals surface area contributed by atoms with E-state index in [4.69, 9.17) is 16.9 Å². The Morgan fingerprint density at radius 2 is 1.89 bits per heavy atom. The normalized spacial score (nSPS) is 9.89. The highest BCUT2D eigenvalue weighted by Gasteiger charge is 2.03. The van der Waals surface area contributed by atoms with Gasteiger partial charge in [-0.05, 0) is 52.3 Å². The highest BCUT2D eigenvalue weighted by Crippen LogP contribution is 2.30.